The molecule has 0 radical (unpaired) electrons. The zero-order valence-electron chi connectivity index (χ0n) is 25.0. The Morgan fingerprint density at radius 3 is 1.63 bits per heavy atom. The van der Waals surface area contributed by atoms with Crippen molar-refractivity contribution >= 4 is 55.4 Å². The van der Waals surface area contributed by atoms with E-state index in [0.717, 1.165) is 72.6 Å². The van der Waals surface area contributed by atoms with E-state index in [-0.39, 0.29) is 23.4 Å². The molecule has 2 unspecified atom stereocenters. The number of ether oxygens (including phenoxy) is 2. The van der Waals surface area contributed by atoms with Crippen molar-refractivity contribution in [3.63, 3.8) is 0 Å². The van der Waals surface area contributed by atoms with Gasteiger partial charge in [0.1, 0.15) is 45.9 Å². The van der Waals surface area contributed by atoms with Crippen LogP contribution in [0.4, 0.5) is 10.0 Å². The van der Waals surface area contributed by atoms with Crippen LogP contribution in [0.3, 0.4) is 0 Å². The molecular weight excluding hydrogens is 613 g/mol. The predicted molar refractivity (Wildman–Crippen MR) is 178 cm³/mol. The predicted octanol–water partition coefficient (Wildman–Crippen LogP) is 9.17. The molecule has 2 spiro atoms. The van der Waals surface area contributed by atoms with Gasteiger partial charge in [-0.15, -0.1) is 11.3 Å². The highest BCUT2D eigenvalue weighted by molar-refractivity contribution is 7.17. The number of aliphatic imine (C=N–C) groups is 2. The van der Waals surface area contributed by atoms with Gasteiger partial charge in [-0.2, -0.15) is 10.5 Å². The van der Waals surface area contributed by atoms with Crippen LogP contribution in [0.5, 0.6) is 11.5 Å². The molecule has 2 atom stereocenters. The number of rotatable bonds is 2. The fraction of sp³-hybridized carbons (Fsp3) is 0.389. The Labute approximate surface area is 275 Å². The minimum Gasteiger partial charge on any atom is -0.481 e. The van der Waals surface area contributed by atoms with Gasteiger partial charge >= 0.3 is 5.84 Å². The zero-order valence-corrected chi connectivity index (χ0v) is 26.6. The Balaban J connectivity index is 1.27. The Kier molecular flexibility index (Phi) is 6.84. The van der Waals surface area contributed by atoms with Gasteiger partial charge in [-0.05, 0) is 62.5 Å². The van der Waals surface area contributed by atoms with E-state index in [1.54, 1.807) is 0 Å². The number of nitrogens with zero attached hydrogens (tertiary/aromatic N) is 6. The SMILES string of the molecule is [C-]#[N+]/C(C#N)=N/c1cc2c(s1)C1=CC3C=C4C(=CC3C=C1C1(CCCCC1)O2)c1sc(N=C(C#N)C#N)cc1OC41CCCCC1. The standard InChI is InChI=1S/C36H28N6O2S2/c1-40-30(20-39)42-32-17-29-34(46-32)25-13-22-14-26-24(12-21(22)15-27(25)36(44-29)10-6-3-7-11-36)33-28(43-35(26)8-4-2-5-9-35)16-31(45-33)41-23(18-37)19-38/h12-17,21-22H,2-11H2/b42-30+. The van der Waals surface area contributed by atoms with Crippen molar-refractivity contribution in [1.29, 1.82) is 15.8 Å². The van der Waals surface area contributed by atoms with Crippen molar-refractivity contribution in [1.82, 2.24) is 0 Å². The molecule has 2 aromatic heterocycles. The Bertz CT molecular complexity index is 1850. The van der Waals surface area contributed by atoms with Gasteiger partial charge in [0.15, 0.2) is 0 Å². The highest BCUT2D eigenvalue weighted by Gasteiger charge is 2.50. The van der Waals surface area contributed by atoms with E-state index in [2.05, 4.69) is 39.1 Å². The lowest BCUT2D eigenvalue weighted by Gasteiger charge is -2.48. The summed E-state index contributed by atoms with van der Waals surface area (Å²) in [5, 5.41) is 29.2. The van der Waals surface area contributed by atoms with E-state index in [0.29, 0.717) is 10.0 Å². The van der Waals surface area contributed by atoms with Gasteiger partial charge in [0, 0.05) is 35.1 Å². The van der Waals surface area contributed by atoms with Gasteiger partial charge in [0.25, 0.3) is 0 Å². The molecule has 10 heteroatoms. The summed E-state index contributed by atoms with van der Waals surface area (Å²) >= 11 is 2.95. The number of hydrogen-bond donors (Lipinski definition) is 0. The summed E-state index contributed by atoms with van der Waals surface area (Å²) in [5.41, 5.74) is 3.86. The maximum Gasteiger partial charge on any atom is 0.350 e. The third kappa shape index (κ3) is 4.48. The molecule has 8 rings (SSSR count). The van der Waals surface area contributed by atoms with Crippen LogP contribution in [0, 0.1) is 52.4 Å². The Morgan fingerprint density at radius 1 is 0.717 bits per heavy atom. The second-order valence-electron chi connectivity index (χ2n) is 12.7. The van der Waals surface area contributed by atoms with Crippen molar-refractivity contribution in [3.05, 3.63) is 68.8 Å². The maximum atomic E-state index is 9.33. The summed E-state index contributed by atoms with van der Waals surface area (Å²) in [7, 11) is 0. The first kappa shape index (κ1) is 28.7. The van der Waals surface area contributed by atoms with E-state index >= 15 is 0 Å². The lowest BCUT2D eigenvalue weighted by atomic mass is 9.65. The zero-order chi connectivity index (χ0) is 31.5. The minimum atomic E-state index is -0.413. The van der Waals surface area contributed by atoms with Gasteiger partial charge in [0.2, 0.25) is 10.7 Å². The minimum absolute atomic E-state index is 0.126. The number of thiophene rings is 2. The number of hydrogen-bond acceptors (Lipinski definition) is 9. The summed E-state index contributed by atoms with van der Waals surface area (Å²) in [6.45, 7) is 7.30. The van der Waals surface area contributed by atoms with Gasteiger partial charge in [0.05, 0.1) is 9.75 Å². The lowest BCUT2D eigenvalue weighted by molar-refractivity contribution is 0.0636. The van der Waals surface area contributed by atoms with E-state index in [9.17, 15) is 15.8 Å². The molecule has 8 nitrogen and oxygen atoms in total. The van der Waals surface area contributed by atoms with Crippen LogP contribution < -0.4 is 9.47 Å². The van der Waals surface area contributed by atoms with E-state index in [1.807, 2.05) is 30.3 Å². The molecule has 2 saturated carbocycles. The van der Waals surface area contributed by atoms with Crippen LogP contribution in [-0.4, -0.2) is 22.7 Å². The first-order valence-electron chi connectivity index (χ1n) is 15.8. The molecule has 46 heavy (non-hydrogen) atoms. The van der Waals surface area contributed by atoms with Crippen LogP contribution in [-0.2, 0) is 0 Å². The fourth-order valence-electron chi connectivity index (χ4n) is 8.11. The van der Waals surface area contributed by atoms with Gasteiger partial charge in [-0.3, -0.25) is 0 Å². The highest BCUT2D eigenvalue weighted by atomic mass is 32.1. The monoisotopic (exact) mass is 640 g/mol. The smallest absolute Gasteiger partial charge is 0.350 e. The van der Waals surface area contributed by atoms with E-state index in [1.165, 1.54) is 57.8 Å². The molecule has 0 bridgehead atoms. The molecular formula is C36H28N6O2S2. The molecule has 4 aliphatic carbocycles. The third-order valence-corrected chi connectivity index (χ3v) is 12.2. The van der Waals surface area contributed by atoms with Gasteiger partial charge in [-0.25, -0.2) is 10.3 Å². The van der Waals surface area contributed by atoms with Gasteiger partial charge < -0.3 is 14.3 Å². The molecule has 0 N–H and O–H groups in total. The molecule has 0 saturated heterocycles. The summed E-state index contributed by atoms with van der Waals surface area (Å²) in [4.78, 5) is 13.9. The maximum absolute atomic E-state index is 9.33. The number of amidine groups is 1. The summed E-state index contributed by atoms with van der Waals surface area (Å²) in [5.74, 6) is 1.66. The lowest BCUT2D eigenvalue weighted by Crippen LogP contribution is -2.45. The van der Waals surface area contributed by atoms with Crippen molar-refractivity contribution in [2.75, 3.05) is 0 Å². The third-order valence-electron chi connectivity index (χ3n) is 10.1. The second kappa shape index (κ2) is 11.0. The quantitative estimate of drug-likeness (QED) is 0.184. The van der Waals surface area contributed by atoms with Crippen LogP contribution in [0.2, 0.25) is 0 Å². The molecule has 2 aromatic rings. The average Bonchev–Trinajstić information content (AvgIpc) is 3.68. The Morgan fingerprint density at radius 2 is 1.20 bits per heavy atom. The van der Waals surface area contributed by atoms with Crippen molar-refractivity contribution in [2.24, 2.45) is 21.8 Å². The molecule has 2 aliphatic heterocycles. The topological polar surface area (TPSA) is 119 Å². The van der Waals surface area contributed by atoms with Crippen LogP contribution in [0.1, 0.15) is 74.0 Å². The summed E-state index contributed by atoms with van der Waals surface area (Å²) in [6.07, 6.45) is 20.2. The molecule has 6 aliphatic rings. The first-order chi connectivity index (χ1) is 22.5. The van der Waals surface area contributed by atoms with Crippen LogP contribution in [0.15, 0.2) is 57.6 Å². The molecule has 4 heterocycles. The fourth-order valence-corrected chi connectivity index (χ4v) is 10.1. The van der Waals surface area contributed by atoms with Crippen LogP contribution >= 0.6 is 22.7 Å². The second-order valence-corrected chi connectivity index (χ2v) is 14.8. The molecule has 0 amide bonds. The number of fused-ring (bicyclic) bond motifs is 9. The van der Waals surface area contributed by atoms with Gasteiger partial charge in [-0.1, -0.05) is 60.0 Å². The van der Waals surface area contributed by atoms with Crippen molar-refractivity contribution < 1.29 is 9.47 Å². The number of allylic oxidation sites excluding steroid dienone is 4. The summed E-state index contributed by atoms with van der Waals surface area (Å²) in [6, 6.07) is 9.43. The van der Waals surface area contributed by atoms with E-state index < -0.39 is 11.2 Å². The Hall–Kier alpha value is -4.74. The largest absolute Gasteiger partial charge is 0.481 e. The highest BCUT2D eigenvalue weighted by Crippen LogP contribution is 2.60. The average molecular weight is 641 g/mol. The number of nitriles is 3. The normalized spacial score (nSPS) is 24.5. The molecule has 226 valence electrons. The molecule has 2 fully saturated rings. The van der Waals surface area contributed by atoms with Crippen LogP contribution in [0.25, 0.3) is 16.0 Å². The van der Waals surface area contributed by atoms with Crippen molar-refractivity contribution in [3.8, 4) is 29.7 Å². The summed E-state index contributed by atoms with van der Waals surface area (Å²) < 4.78 is 13.8. The first-order valence-corrected chi connectivity index (χ1v) is 17.4. The molecule has 0 aromatic carbocycles. The van der Waals surface area contributed by atoms with E-state index in [4.69, 9.17) is 16.0 Å². The van der Waals surface area contributed by atoms with Crippen molar-refractivity contribution in [2.45, 2.75) is 75.4 Å².